The molecule has 1 aromatic carbocycles. The fourth-order valence-corrected chi connectivity index (χ4v) is 3.40. The van der Waals surface area contributed by atoms with Crippen LogP contribution in [0.15, 0.2) is 24.3 Å². The SMILES string of the molecule is Cc1cc(C=CC(=O)O)ccc1N(C)C1CCCCC1C. The van der Waals surface area contributed by atoms with Crippen LogP contribution in [0.2, 0.25) is 0 Å². The van der Waals surface area contributed by atoms with Gasteiger partial charge in [-0.05, 0) is 55.0 Å². The minimum atomic E-state index is -0.912. The molecule has 0 radical (unpaired) electrons. The van der Waals surface area contributed by atoms with Gasteiger partial charge in [0, 0.05) is 24.9 Å². The van der Waals surface area contributed by atoms with Crippen LogP contribution in [0.25, 0.3) is 6.08 Å². The second-order valence-electron chi connectivity index (χ2n) is 6.16. The molecular weight excluding hydrogens is 262 g/mol. The van der Waals surface area contributed by atoms with Gasteiger partial charge in [0.25, 0.3) is 0 Å². The zero-order valence-corrected chi connectivity index (χ0v) is 13.2. The summed E-state index contributed by atoms with van der Waals surface area (Å²) in [4.78, 5) is 13.0. The number of carbonyl (C=O) groups is 1. The fraction of sp³-hybridized carbons (Fsp3) is 0.500. The summed E-state index contributed by atoms with van der Waals surface area (Å²) in [5, 5.41) is 8.69. The third kappa shape index (κ3) is 3.87. The van der Waals surface area contributed by atoms with Gasteiger partial charge in [0.05, 0.1) is 0 Å². The molecule has 0 aliphatic heterocycles. The van der Waals surface area contributed by atoms with E-state index in [1.807, 2.05) is 6.07 Å². The second-order valence-corrected chi connectivity index (χ2v) is 6.16. The van der Waals surface area contributed by atoms with E-state index in [2.05, 4.69) is 37.9 Å². The molecule has 114 valence electrons. The number of rotatable bonds is 4. The summed E-state index contributed by atoms with van der Waals surface area (Å²) < 4.78 is 0. The monoisotopic (exact) mass is 287 g/mol. The van der Waals surface area contributed by atoms with Crippen molar-refractivity contribution in [3.8, 4) is 0 Å². The number of hydrogen-bond acceptors (Lipinski definition) is 2. The number of aryl methyl sites for hydroxylation is 1. The first-order valence-electron chi connectivity index (χ1n) is 7.73. The Morgan fingerprint density at radius 3 is 2.67 bits per heavy atom. The average Bonchev–Trinajstić information content (AvgIpc) is 2.45. The minimum absolute atomic E-state index is 0.609. The van der Waals surface area contributed by atoms with Gasteiger partial charge in [-0.25, -0.2) is 4.79 Å². The lowest BCUT2D eigenvalue weighted by molar-refractivity contribution is -0.131. The summed E-state index contributed by atoms with van der Waals surface area (Å²) in [6.45, 7) is 4.44. The smallest absolute Gasteiger partial charge is 0.328 e. The number of nitrogens with zero attached hydrogens (tertiary/aromatic N) is 1. The summed E-state index contributed by atoms with van der Waals surface area (Å²) in [6, 6.07) is 6.76. The van der Waals surface area contributed by atoms with Crippen molar-refractivity contribution in [3.63, 3.8) is 0 Å². The fourth-order valence-electron chi connectivity index (χ4n) is 3.40. The third-order valence-corrected chi connectivity index (χ3v) is 4.58. The Hall–Kier alpha value is -1.77. The van der Waals surface area contributed by atoms with E-state index in [-0.39, 0.29) is 0 Å². The highest BCUT2D eigenvalue weighted by molar-refractivity contribution is 5.85. The quantitative estimate of drug-likeness (QED) is 0.847. The van der Waals surface area contributed by atoms with Gasteiger partial charge in [-0.15, -0.1) is 0 Å². The maximum Gasteiger partial charge on any atom is 0.328 e. The van der Waals surface area contributed by atoms with Crippen molar-refractivity contribution in [2.24, 2.45) is 5.92 Å². The lowest BCUT2D eigenvalue weighted by Gasteiger charge is -2.38. The van der Waals surface area contributed by atoms with E-state index in [4.69, 9.17) is 5.11 Å². The first kappa shape index (κ1) is 15.6. The molecule has 2 atom stereocenters. The van der Waals surface area contributed by atoms with Crippen molar-refractivity contribution in [1.82, 2.24) is 0 Å². The molecule has 1 aliphatic rings. The van der Waals surface area contributed by atoms with Crippen molar-refractivity contribution in [1.29, 1.82) is 0 Å². The van der Waals surface area contributed by atoms with E-state index >= 15 is 0 Å². The summed E-state index contributed by atoms with van der Waals surface area (Å²) in [5.41, 5.74) is 3.38. The molecule has 1 N–H and O–H groups in total. The standard InChI is InChI=1S/C18H25NO2/c1-13-6-4-5-7-16(13)19(3)17-10-8-15(12-14(17)2)9-11-18(20)21/h8-13,16H,4-7H2,1-3H3,(H,20,21). The molecule has 3 heteroatoms. The van der Waals surface area contributed by atoms with Crippen LogP contribution >= 0.6 is 0 Å². The number of anilines is 1. The van der Waals surface area contributed by atoms with Crippen molar-refractivity contribution < 1.29 is 9.90 Å². The van der Waals surface area contributed by atoms with E-state index in [0.717, 1.165) is 11.5 Å². The average molecular weight is 287 g/mol. The van der Waals surface area contributed by atoms with Crippen molar-refractivity contribution >= 4 is 17.7 Å². The molecule has 1 fully saturated rings. The Balaban J connectivity index is 2.18. The number of carboxylic acids is 1. The zero-order valence-electron chi connectivity index (χ0n) is 13.2. The normalized spacial score (nSPS) is 22.4. The van der Waals surface area contributed by atoms with Crippen molar-refractivity contribution in [2.45, 2.75) is 45.6 Å². The first-order chi connectivity index (χ1) is 9.99. The number of aliphatic carboxylic acids is 1. The summed E-state index contributed by atoms with van der Waals surface area (Å²) >= 11 is 0. The molecule has 1 aromatic rings. The Bertz CT molecular complexity index is 536. The third-order valence-electron chi connectivity index (χ3n) is 4.58. The molecular formula is C18H25NO2. The van der Waals surface area contributed by atoms with Gasteiger partial charge in [0.2, 0.25) is 0 Å². The molecule has 3 nitrogen and oxygen atoms in total. The van der Waals surface area contributed by atoms with Crippen molar-refractivity contribution in [2.75, 3.05) is 11.9 Å². The van der Waals surface area contributed by atoms with Crippen molar-refractivity contribution in [3.05, 3.63) is 35.4 Å². The zero-order chi connectivity index (χ0) is 15.4. The van der Waals surface area contributed by atoms with Gasteiger partial charge >= 0.3 is 5.97 Å². The Kier molecular flexibility index (Phi) is 5.05. The van der Waals surface area contributed by atoms with E-state index in [0.29, 0.717) is 6.04 Å². The molecule has 0 bridgehead atoms. The highest BCUT2D eigenvalue weighted by atomic mass is 16.4. The molecule has 0 spiro atoms. The van der Waals surface area contributed by atoms with Crippen LogP contribution in [-0.4, -0.2) is 24.2 Å². The molecule has 0 amide bonds. The van der Waals surface area contributed by atoms with Crippen LogP contribution < -0.4 is 4.90 Å². The first-order valence-corrected chi connectivity index (χ1v) is 7.73. The van der Waals surface area contributed by atoms with Gasteiger partial charge in [-0.3, -0.25) is 0 Å². The van der Waals surface area contributed by atoms with E-state index in [1.165, 1.54) is 43.0 Å². The van der Waals surface area contributed by atoms with Crippen LogP contribution in [0.5, 0.6) is 0 Å². The van der Waals surface area contributed by atoms with Gasteiger partial charge in [0.1, 0.15) is 0 Å². The lowest BCUT2D eigenvalue weighted by Crippen LogP contribution is -2.39. The molecule has 1 saturated carbocycles. The Labute approximate surface area is 127 Å². The van der Waals surface area contributed by atoms with Gasteiger partial charge in [0.15, 0.2) is 0 Å². The Morgan fingerprint density at radius 1 is 1.33 bits per heavy atom. The van der Waals surface area contributed by atoms with Gasteiger partial charge in [-0.1, -0.05) is 25.8 Å². The van der Waals surface area contributed by atoms with Crippen LogP contribution in [-0.2, 0) is 4.79 Å². The van der Waals surface area contributed by atoms with Crippen LogP contribution in [0.4, 0.5) is 5.69 Å². The summed E-state index contributed by atoms with van der Waals surface area (Å²) in [7, 11) is 2.18. The van der Waals surface area contributed by atoms with E-state index in [1.54, 1.807) is 6.08 Å². The molecule has 2 unspecified atom stereocenters. The minimum Gasteiger partial charge on any atom is -0.478 e. The van der Waals surface area contributed by atoms with Gasteiger partial charge in [-0.2, -0.15) is 0 Å². The molecule has 0 aromatic heterocycles. The van der Waals surface area contributed by atoms with E-state index < -0.39 is 5.97 Å². The highest BCUT2D eigenvalue weighted by Gasteiger charge is 2.25. The number of benzene rings is 1. The predicted octanol–water partition coefficient (Wildman–Crippen LogP) is 4.11. The van der Waals surface area contributed by atoms with Crippen LogP contribution in [0.3, 0.4) is 0 Å². The topological polar surface area (TPSA) is 40.5 Å². The van der Waals surface area contributed by atoms with E-state index in [9.17, 15) is 4.79 Å². The predicted molar refractivity (Wildman–Crippen MR) is 87.7 cm³/mol. The molecule has 0 heterocycles. The molecule has 2 rings (SSSR count). The maximum atomic E-state index is 10.6. The lowest BCUT2D eigenvalue weighted by atomic mass is 9.84. The van der Waals surface area contributed by atoms with Gasteiger partial charge < -0.3 is 10.0 Å². The maximum absolute atomic E-state index is 10.6. The number of carboxylic acid groups (broad SMARTS) is 1. The second kappa shape index (κ2) is 6.79. The highest BCUT2D eigenvalue weighted by Crippen LogP contribution is 2.32. The number of hydrogen-bond donors (Lipinski definition) is 1. The molecule has 1 aliphatic carbocycles. The molecule has 21 heavy (non-hydrogen) atoms. The molecule has 0 saturated heterocycles. The van der Waals surface area contributed by atoms with Crippen LogP contribution in [0, 0.1) is 12.8 Å². The Morgan fingerprint density at radius 2 is 2.05 bits per heavy atom. The summed E-state index contributed by atoms with van der Waals surface area (Å²) in [6.07, 6.45) is 8.07. The van der Waals surface area contributed by atoms with Crippen LogP contribution in [0.1, 0.15) is 43.7 Å². The summed E-state index contributed by atoms with van der Waals surface area (Å²) in [5.74, 6) is -0.181. The largest absolute Gasteiger partial charge is 0.478 e.